The van der Waals surface area contributed by atoms with Crippen molar-refractivity contribution in [3.05, 3.63) is 30.2 Å². The largest absolute Gasteiger partial charge is 0.324 e. The molecule has 0 aliphatic heterocycles. The Morgan fingerprint density at radius 1 is 1.40 bits per heavy atom. The Balaban J connectivity index is 2.11. The molecule has 0 bridgehead atoms. The van der Waals surface area contributed by atoms with E-state index in [1.54, 1.807) is 6.20 Å². The third kappa shape index (κ3) is 2.54. The summed E-state index contributed by atoms with van der Waals surface area (Å²) < 4.78 is 0. The van der Waals surface area contributed by atoms with Gasteiger partial charge in [-0.1, -0.05) is 6.07 Å². The monoisotopic (exact) mass is 221 g/mol. The van der Waals surface area contributed by atoms with Crippen molar-refractivity contribution < 1.29 is 0 Å². The predicted molar refractivity (Wildman–Crippen MR) is 57.3 cm³/mol. The Hall–Kier alpha value is -1.40. The highest BCUT2D eigenvalue weighted by atomic mass is 32.2. The highest BCUT2D eigenvalue weighted by Gasteiger charge is 2.03. The molecular weight excluding hydrogens is 210 g/mol. The van der Waals surface area contributed by atoms with Crippen molar-refractivity contribution >= 4 is 11.8 Å². The summed E-state index contributed by atoms with van der Waals surface area (Å²) in [7, 11) is 0. The van der Waals surface area contributed by atoms with Gasteiger partial charge >= 0.3 is 0 Å². The molecule has 0 aliphatic carbocycles. The molecular formula is C9H11N5S. The number of hydrogen-bond acceptors (Lipinski definition) is 5. The molecule has 5 nitrogen and oxygen atoms in total. The molecule has 78 valence electrons. The van der Waals surface area contributed by atoms with Crippen molar-refractivity contribution in [1.82, 2.24) is 20.2 Å². The second-order valence-electron chi connectivity index (χ2n) is 3.11. The molecule has 2 heterocycles. The van der Waals surface area contributed by atoms with Gasteiger partial charge in [0.05, 0.1) is 0 Å². The predicted octanol–water partition coefficient (Wildman–Crippen LogP) is 1.37. The summed E-state index contributed by atoms with van der Waals surface area (Å²) in [6.45, 7) is 1.93. The van der Waals surface area contributed by atoms with Crippen LogP contribution in [0.2, 0.25) is 0 Å². The minimum absolute atomic E-state index is 0.0156. The second-order valence-corrected chi connectivity index (χ2v) is 4.12. The van der Waals surface area contributed by atoms with E-state index in [0.717, 1.165) is 15.7 Å². The summed E-state index contributed by atoms with van der Waals surface area (Å²) >= 11 is 1.43. The zero-order chi connectivity index (χ0) is 10.7. The molecule has 2 aromatic heterocycles. The van der Waals surface area contributed by atoms with Gasteiger partial charge in [0, 0.05) is 12.2 Å². The SMILES string of the molecule is C[C@H](N)c1ccc(Sc2ncn[nH]2)nc1. The van der Waals surface area contributed by atoms with E-state index in [1.807, 2.05) is 19.1 Å². The maximum Gasteiger partial charge on any atom is 0.189 e. The van der Waals surface area contributed by atoms with Gasteiger partial charge in [0.2, 0.25) is 0 Å². The lowest BCUT2D eigenvalue weighted by Gasteiger charge is -2.04. The van der Waals surface area contributed by atoms with Gasteiger partial charge in [-0.25, -0.2) is 9.97 Å². The second kappa shape index (κ2) is 4.41. The molecule has 0 spiro atoms. The van der Waals surface area contributed by atoms with Crippen LogP contribution in [0, 0.1) is 0 Å². The fraction of sp³-hybridized carbons (Fsp3) is 0.222. The zero-order valence-electron chi connectivity index (χ0n) is 8.21. The first-order chi connectivity index (χ1) is 7.25. The van der Waals surface area contributed by atoms with Gasteiger partial charge < -0.3 is 5.73 Å². The van der Waals surface area contributed by atoms with Crippen LogP contribution in [0.15, 0.2) is 34.8 Å². The van der Waals surface area contributed by atoms with Crippen molar-refractivity contribution in [3.8, 4) is 0 Å². The van der Waals surface area contributed by atoms with Gasteiger partial charge in [-0.2, -0.15) is 5.10 Å². The van der Waals surface area contributed by atoms with E-state index in [-0.39, 0.29) is 6.04 Å². The molecule has 0 amide bonds. The number of H-pyrrole nitrogens is 1. The topological polar surface area (TPSA) is 80.5 Å². The Bertz CT molecular complexity index is 409. The smallest absolute Gasteiger partial charge is 0.189 e. The van der Waals surface area contributed by atoms with E-state index in [1.165, 1.54) is 18.1 Å². The Morgan fingerprint density at radius 2 is 2.27 bits per heavy atom. The first-order valence-electron chi connectivity index (χ1n) is 4.50. The third-order valence-corrected chi connectivity index (χ3v) is 2.72. The van der Waals surface area contributed by atoms with E-state index in [4.69, 9.17) is 5.73 Å². The van der Waals surface area contributed by atoms with Crippen LogP contribution in [-0.4, -0.2) is 20.2 Å². The molecule has 2 aromatic rings. The van der Waals surface area contributed by atoms with Gasteiger partial charge in [0.15, 0.2) is 5.16 Å². The maximum atomic E-state index is 5.72. The summed E-state index contributed by atoms with van der Waals surface area (Å²) in [4.78, 5) is 8.27. The van der Waals surface area contributed by atoms with Gasteiger partial charge in [-0.15, -0.1) is 0 Å². The van der Waals surface area contributed by atoms with E-state index in [2.05, 4.69) is 20.2 Å². The number of aromatic amines is 1. The zero-order valence-corrected chi connectivity index (χ0v) is 9.03. The normalized spacial score (nSPS) is 12.7. The first-order valence-corrected chi connectivity index (χ1v) is 5.32. The van der Waals surface area contributed by atoms with Crippen LogP contribution in [0.4, 0.5) is 0 Å². The highest BCUT2D eigenvalue weighted by molar-refractivity contribution is 7.99. The molecule has 0 aromatic carbocycles. The Morgan fingerprint density at radius 3 is 2.80 bits per heavy atom. The molecule has 0 aliphatic rings. The standard InChI is InChI=1S/C9H11N5S/c1-6(10)7-2-3-8(11-4-7)15-9-12-5-13-14-9/h2-6H,10H2,1H3,(H,12,13,14)/t6-/m0/s1. The average molecular weight is 221 g/mol. The van der Waals surface area contributed by atoms with Crippen molar-refractivity contribution in [2.45, 2.75) is 23.1 Å². The first kappa shape index (κ1) is 10.1. The molecule has 0 radical (unpaired) electrons. The summed E-state index contributed by atoms with van der Waals surface area (Å²) in [6.07, 6.45) is 3.25. The number of nitrogens with one attached hydrogen (secondary N) is 1. The van der Waals surface area contributed by atoms with Crippen molar-refractivity contribution in [2.75, 3.05) is 0 Å². The quantitative estimate of drug-likeness (QED) is 0.818. The molecule has 0 saturated carbocycles. The van der Waals surface area contributed by atoms with Gasteiger partial charge in [0.25, 0.3) is 0 Å². The van der Waals surface area contributed by atoms with Crippen molar-refractivity contribution in [2.24, 2.45) is 5.73 Å². The fourth-order valence-electron chi connectivity index (χ4n) is 1.06. The van der Waals surface area contributed by atoms with Crippen LogP contribution >= 0.6 is 11.8 Å². The van der Waals surface area contributed by atoms with Crippen LogP contribution in [0.3, 0.4) is 0 Å². The lowest BCUT2D eigenvalue weighted by Crippen LogP contribution is -2.04. The maximum absolute atomic E-state index is 5.72. The van der Waals surface area contributed by atoms with Crippen LogP contribution < -0.4 is 5.73 Å². The molecule has 0 unspecified atom stereocenters. The molecule has 6 heteroatoms. The van der Waals surface area contributed by atoms with Gasteiger partial charge in [-0.3, -0.25) is 5.10 Å². The van der Waals surface area contributed by atoms with E-state index < -0.39 is 0 Å². The van der Waals surface area contributed by atoms with Gasteiger partial charge in [0.1, 0.15) is 11.4 Å². The van der Waals surface area contributed by atoms with Crippen LogP contribution in [0.25, 0.3) is 0 Å². The van der Waals surface area contributed by atoms with E-state index in [9.17, 15) is 0 Å². The number of nitrogens with zero attached hydrogens (tertiary/aromatic N) is 3. The number of rotatable bonds is 3. The van der Waals surface area contributed by atoms with E-state index >= 15 is 0 Å². The van der Waals surface area contributed by atoms with Crippen LogP contribution in [0.1, 0.15) is 18.5 Å². The minimum Gasteiger partial charge on any atom is -0.324 e. The number of hydrogen-bond donors (Lipinski definition) is 2. The number of nitrogens with two attached hydrogens (primary N) is 1. The van der Waals surface area contributed by atoms with Crippen LogP contribution in [-0.2, 0) is 0 Å². The van der Waals surface area contributed by atoms with Gasteiger partial charge in [-0.05, 0) is 30.3 Å². The minimum atomic E-state index is 0.0156. The number of pyridine rings is 1. The average Bonchev–Trinajstić information content (AvgIpc) is 2.71. The summed E-state index contributed by atoms with van der Waals surface area (Å²) in [5.74, 6) is 0. The highest BCUT2D eigenvalue weighted by Crippen LogP contribution is 2.22. The summed E-state index contributed by atoms with van der Waals surface area (Å²) in [6, 6.07) is 3.91. The van der Waals surface area contributed by atoms with Crippen LogP contribution in [0.5, 0.6) is 0 Å². The molecule has 1 atom stereocenters. The molecule has 0 saturated heterocycles. The van der Waals surface area contributed by atoms with Crippen molar-refractivity contribution in [1.29, 1.82) is 0 Å². The summed E-state index contributed by atoms with van der Waals surface area (Å²) in [5.41, 5.74) is 6.75. The van der Waals surface area contributed by atoms with E-state index in [0.29, 0.717) is 0 Å². The lowest BCUT2D eigenvalue weighted by atomic mass is 10.2. The fourth-order valence-corrected chi connectivity index (χ4v) is 1.70. The Labute approximate surface area is 91.5 Å². The third-order valence-electron chi connectivity index (χ3n) is 1.88. The molecule has 2 rings (SSSR count). The molecule has 15 heavy (non-hydrogen) atoms. The summed E-state index contributed by atoms with van der Waals surface area (Å²) in [5, 5.41) is 8.12. The number of aromatic nitrogens is 4. The lowest BCUT2D eigenvalue weighted by molar-refractivity contribution is 0.806. The van der Waals surface area contributed by atoms with Crippen molar-refractivity contribution in [3.63, 3.8) is 0 Å². The molecule has 0 fully saturated rings. The Kier molecular flexibility index (Phi) is 2.98. The molecule has 3 N–H and O–H groups in total.